The largest absolute Gasteiger partial charge is 0.497 e. The molecule has 0 heterocycles. The molecular formula is C19H20N2O6. The number of ether oxygens (including phenoxy) is 3. The Bertz CT molecular complexity index is 777. The van der Waals surface area contributed by atoms with Gasteiger partial charge >= 0.3 is 5.97 Å². The molecule has 0 aliphatic rings. The lowest BCUT2D eigenvalue weighted by molar-refractivity contribution is -0.156. The van der Waals surface area contributed by atoms with Gasteiger partial charge < -0.3 is 14.2 Å². The summed E-state index contributed by atoms with van der Waals surface area (Å²) in [6.07, 6.45) is -1.10. The molecule has 1 atom stereocenters. The Morgan fingerprint density at radius 1 is 0.926 bits per heavy atom. The molecule has 0 aliphatic carbocycles. The van der Waals surface area contributed by atoms with Gasteiger partial charge in [0.1, 0.15) is 11.5 Å². The normalized spacial score (nSPS) is 11.0. The van der Waals surface area contributed by atoms with Crippen LogP contribution in [0, 0.1) is 0 Å². The predicted octanol–water partition coefficient (Wildman–Crippen LogP) is 1.47. The van der Waals surface area contributed by atoms with Crippen molar-refractivity contribution in [3.05, 3.63) is 60.2 Å². The molecule has 0 saturated heterocycles. The first-order chi connectivity index (χ1) is 13.0. The van der Waals surface area contributed by atoms with Crippen molar-refractivity contribution in [2.24, 2.45) is 0 Å². The Balaban J connectivity index is 1.72. The van der Waals surface area contributed by atoms with Gasteiger partial charge in [-0.25, -0.2) is 4.79 Å². The quantitative estimate of drug-likeness (QED) is 0.564. The molecule has 0 aliphatic heterocycles. The second-order valence-corrected chi connectivity index (χ2v) is 5.41. The van der Waals surface area contributed by atoms with Crippen LogP contribution in [0.3, 0.4) is 0 Å². The van der Waals surface area contributed by atoms with E-state index in [2.05, 4.69) is 10.9 Å². The molecular weight excluding hydrogens is 352 g/mol. The first kappa shape index (κ1) is 19.8. The van der Waals surface area contributed by atoms with E-state index in [9.17, 15) is 14.4 Å². The van der Waals surface area contributed by atoms with E-state index in [0.29, 0.717) is 17.1 Å². The Hall–Kier alpha value is -3.55. The molecule has 2 aromatic carbocycles. The van der Waals surface area contributed by atoms with Crippen LogP contribution in [0.4, 0.5) is 0 Å². The maximum absolute atomic E-state index is 11.9. The molecule has 8 heteroatoms. The van der Waals surface area contributed by atoms with Crippen molar-refractivity contribution < 1.29 is 28.6 Å². The minimum absolute atomic E-state index is 0.361. The van der Waals surface area contributed by atoms with Gasteiger partial charge in [-0.1, -0.05) is 18.2 Å². The van der Waals surface area contributed by atoms with E-state index in [4.69, 9.17) is 14.2 Å². The fraction of sp³-hybridized carbons (Fsp3) is 0.211. The molecule has 0 bridgehead atoms. The smallest absolute Gasteiger partial charge is 0.344 e. The van der Waals surface area contributed by atoms with Gasteiger partial charge in [0, 0.05) is 5.56 Å². The number of hydrogen-bond donors (Lipinski definition) is 2. The summed E-state index contributed by atoms with van der Waals surface area (Å²) in [7, 11) is 1.54. The van der Waals surface area contributed by atoms with Gasteiger partial charge in [-0.15, -0.1) is 0 Å². The molecule has 0 aromatic heterocycles. The lowest BCUT2D eigenvalue weighted by Crippen LogP contribution is -2.47. The van der Waals surface area contributed by atoms with E-state index < -0.39 is 23.9 Å². The molecule has 0 unspecified atom stereocenters. The molecule has 0 saturated carbocycles. The number of esters is 1. The summed E-state index contributed by atoms with van der Waals surface area (Å²) >= 11 is 0. The minimum Gasteiger partial charge on any atom is -0.497 e. The minimum atomic E-state index is -1.10. The van der Waals surface area contributed by atoms with Crippen LogP contribution in [-0.4, -0.2) is 37.6 Å². The average Bonchev–Trinajstić information content (AvgIpc) is 2.71. The molecule has 0 radical (unpaired) electrons. The van der Waals surface area contributed by atoms with Crippen molar-refractivity contribution >= 4 is 17.8 Å². The number of carbonyl (C=O) groups is 3. The highest BCUT2D eigenvalue weighted by molar-refractivity contribution is 5.95. The maximum atomic E-state index is 11.9. The summed E-state index contributed by atoms with van der Waals surface area (Å²) in [4.78, 5) is 35.5. The number of carbonyl (C=O) groups excluding carboxylic acids is 3. The van der Waals surface area contributed by atoms with Gasteiger partial charge in [0.15, 0.2) is 12.7 Å². The number of methoxy groups -OCH3 is 1. The summed E-state index contributed by atoms with van der Waals surface area (Å²) in [6.45, 7) is 1.02. The zero-order valence-electron chi connectivity index (χ0n) is 14.9. The van der Waals surface area contributed by atoms with Gasteiger partial charge in [-0.2, -0.15) is 0 Å². The molecule has 2 N–H and O–H groups in total. The van der Waals surface area contributed by atoms with Gasteiger partial charge in [-0.3, -0.25) is 20.4 Å². The van der Waals surface area contributed by atoms with Crippen LogP contribution in [0.5, 0.6) is 11.5 Å². The van der Waals surface area contributed by atoms with E-state index in [0.717, 1.165) is 0 Å². The number of hydrogen-bond acceptors (Lipinski definition) is 6. The van der Waals surface area contributed by atoms with Gasteiger partial charge in [-0.05, 0) is 43.3 Å². The van der Waals surface area contributed by atoms with Crippen LogP contribution >= 0.6 is 0 Å². The molecule has 2 rings (SSSR count). The first-order valence-corrected chi connectivity index (χ1v) is 8.11. The highest BCUT2D eigenvalue weighted by Crippen LogP contribution is 2.16. The fourth-order valence-electron chi connectivity index (χ4n) is 1.98. The SMILES string of the molecule is COc1ccc(OCC(=O)O[C@@H](C)C(=O)NNC(=O)c2ccccc2)cc1. The van der Waals surface area contributed by atoms with E-state index in [1.54, 1.807) is 61.7 Å². The monoisotopic (exact) mass is 372 g/mol. The van der Waals surface area contributed by atoms with Crippen LogP contribution in [0.2, 0.25) is 0 Å². The van der Waals surface area contributed by atoms with Crippen LogP contribution in [0.1, 0.15) is 17.3 Å². The summed E-state index contributed by atoms with van der Waals surface area (Å²) in [5.41, 5.74) is 4.84. The van der Waals surface area contributed by atoms with Crippen molar-refractivity contribution in [1.29, 1.82) is 0 Å². The second-order valence-electron chi connectivity index (χ2n) is 5.41. The zero-order valence-corrected chi connectivity index (χ0v) is 14.9. The number of amides is 2. The number of nitrogens with one attached hydrogen (secondary N) is 2. The number of hydrazine groups is 1. The maximum Gasteiger partial charge on any atom is 0.344 e. The fourth-order valence-corrected chi connectivity index (χ4v) is 1.98. The van der Waals surface area contributed by atoms with Crippen LogP contribution < -0.4 is 20.3 Å². The summed E-state index contributed by atoms with van der Waals surface area (Å²) < 4.78 is 15.3. The van der Waals surface area contributed by atoms with Crippen molar-refractivity contribution in [2.45, 2.75) is 13.0 Å². The third kappa shape index (κ3) is 6.35. The number of rotatable bonds is 7. The van der Waals surface area contributed by atoms with Crippen molar-refractivity contribution in [2.75, 3.05) is 13.7 Å². The van der Waals surface area contributed by atoms with Crippen molar-refractivity contribution in [3.63, 3.8) is 0 Å². The standard InChI is InChI=1S/C19H20N2O6/c1-13(18(23)20-21-19(24)14-6-4-3-5-7-14)27-17(22)12-26-16-10-8-15(25-2)9-11-16/h3-11,13H,12H2,1-2H3,(H,20,23)(H,21,24)/t13-/m0/s1. The van der Waals surface area contributed by atoms with E-state index in [-0.39, 0.29) is 6.61 Å². The topological polar surface area (TPSA) is 103 Å². The van der Waals surface area contributed by atoms with E-state index >= 15 is 0 Å². The molecule has 27 heavy (non-hydrogen) atoms. The highest BCUT2D eigenvalue weighted by atomic mass is 16.6. The van der Waals surface area contributed by atoms with Gasteiger partial charge in [0.2, 0.25) is 0 Å². The Morgan fingerprint density at radius 3 is 2.19 bits per heavy atom. The third-order valence-corrected chi connectivity index (χ3v) is 3.43. The third-order valence-electron chi connectivity index (χ3n) is 3.43. The van der Waals surface area contributed by atoms with Crippen molar-refractivity contribution in [1.82, 2.24) is 10.9 Å². The van der Waals surface area contributed by atoms with E-state index in [1.165, 1.54) is 6.92 Å². The molecule has 8 nitrogen and oxygen atoms in total. The highest BCUT2D eigenvalue weighted by Gasteiger charge is 2.19. The summed E-state index contributed by atoms with van der Waals surface area (Å²) in [6, 6.07) is 15.0. The van der Waals surface area contributed by atoms with Gasteiger partial charge in [0.25, 0.3) is 11.8 Å². The van der Waals surface area contributed by atoms with Crippen molar-refractivity contribution in [3.8, 4) is 11.5 Å². The van der Waals surface area contributed by atoms with Crippen LogP contribution in [0.15, 0.2) is 54.6 Å². The molecule has 2 amide bonds. The summed E-state index contributed by atoms with van der Waals surface area (Å²) in [5.74, 6) is -0.752. The molecule has 142 valence electrons. The first-order valence-electron chi connectivity index (χ1n) is 8.11. The number of benzene rings is 2. The lowest BCUT2D eigenvalue weighted by Gasteiger charge is -2.14. The van der Waals surface area contributed by atoms with Crippen LogP contribution in [0.25, 0.3) is 0 Å². The molecule has 0 fully saturated rings. The zero-order chi connectivity index (χ0) is 19.6. The Kier molecular flexibility index (Phi) is 7.18. The Labute approximate surface area is 156 Å². The average molecular weight is 372 g/mol. The van der Waals surface area contributed by atoms with Gasteiger partial charge in [0.05, 0.1) is 7.11 Å². The molecule has 2 aromatic rings. The predicted molar refractivity (Wildman–Crippen MR) is 96.1 cm³/mol. The Morgan fingerprint density at radius 2 is 1.56 bits per heavy atom. The molecule has 0 spiro atoms. The van der Waals surface area contributed by atoms with Crippen LogP contribution in [-0.2, 0) is 14.3 Å². The summed E-state index contributed by atoms with van der Waals surface area (Å²) in [5, 5.41) is 0. The van der Waals surface area contributed by atoms with E-state index in [1.807, 2.05) is 0 Å². The second kappa shape index (κ2) is 9.81. The lowest BCUT2D eigenvalue weighted by atomic mass is 10.2.